The molecule has 0 radical (unpaired) electrons. The van der Waals surface area contributed by atoms with Gasteiger partial charge in [0.05, 0.1) is 4.88 Å². The van der Waals surface area contributed by atoms with E-state index in [1.165, 1.54) is 17.4 Å². The van der Waals surface area contributed by atoms with Crippen LogP contribution in [0.2, 0.25) is 0 Å². The van der Waals surface area contributed by atoms with E-state index in [1.807, 2.05) is 24.4 Å². The Morgan fingerprint density at radius 1 is 1.55 bits per heavy atom. The van der Waals surface area contributed by atoms with Gasteiger partial charge in [0.2, 0.25) is 0 Å². The van der Waals surface area contributed by atoms with Crippen molar-refractivity contribution in [2.75, 3.05) is 0 Å². The van der Waals surface area contributed by atoms with Gasteiger partial charge in [-0.3, -0.25) is 4.79 Å². The van der Waals surface area contributed by atoms with E-state index in [1.54, 1.807) is 0 Å². The molecule has 2 aromatic rings. The molecule has 0 aromatic carbocycles. The summed E-state index contributed by atoms with van der Waals surface area (Å²) in [6.45, 7) is 1.85. The lowest BCUT2D eigenvalue weighted by Gasteiger charge is -2.11. The van der Waals surface area contributed by atoms with Gasteiger partial charge >= 0.3 is 5.97 Å². The summed E-state index contributed by atoms with van der Waals surface area (Å²) in [7, 11) is 0. The molecular weight excluding hydrogens is 280 g/mol. The largest absolute Gasteiger partial charge is 0.480 e. The molecule has 0 bridgehead atoms. The zero-order valence-corrected chi connectivity index (χ0v) is 11.6. The molecular formula is C13H14N2O4S. The van der Waals surface area contributed by atoms with Crippen molar-refractivity contribution in [3.05, 3.63) is 29.3 Å². The molecule has 0 spiro atoms. The van der Waals surface area contributed by atoms with E-state index in [9.17, 15) is 9.59 Å². The Labute approximate surface area is 119 Å². The molecule has 20 heavy (non-hydrogen) atoms. The number of carbonyl (C=O) groups excluding carboxylic acids is 1. The number of rotatable bonds is 6. The fourth-order valence-electron chi connectivity index (χ4n) is 1.70. The van der Waals surface area contributed by atoms with Gasteiger partial charge in [0.1, 0.15) is 6.04 Å². The van der Waals surface area contributed by atoms with Gasteiger partial charge in [0, 0.05) is 6.07 Å². The molecule has 1 atom stereocenters. The number of hydrogen-bond acceptors (Lipinski definition) is 5. The molecule has 106 valence electrons. The van der Waals surface area contributed by atoms with Gasteiger partial charge in [-0.05, 0) is 17.9 Å². The Bertz CT molecular complexity index is 591. The molecule has 7 heteroatoms. The molecule has 2 rings (SSSR count). The summed E-state index contributed by atoms with van der Waals surface area (Å²) in [5.41, 5.74) is 0.0794. The number of amides is 1. The van der Waals surface area contributed by atoms with Crippen LogP contribution < -0.4 is 5.32 Å². The zero-order valence-electron chi connectivity index (χ0n) is 10.8. The number of hydrogen-bond donors (Lipinski definition) is 2. The smallest absolute Gasteiger partial charge is 0.326 e. The summed E-state index contributed by atoms with van der Waals surface area (Å²) >= 11 is 1.47. The number of thiophene rings is 1. The first kappa shape index (κ1) is 14.3. The average Bonchev–Trinajstić information content (AvgIpc) is 3.08. The molecule has 0 aliphatic heterocycles. The minimum absolute atomic E-state index is 0.0794. The highest BCUT2D eigenvalue weighted by Crippen LogP contribution is 2.25. The van der Waals surface area contributed by atoms with Crippen LogP contribution in [-0.4, -0.2) is 28.2 Å². The van der Waals surface area contributed by atoms with Crippen LogP contribution >= 0.6 is 11.3 Å². The van der Waals surface area contributed by atoms with Crippen molar-refractivity contribution in [1.82, 2.24) is 10.5 Å². The third-order valence-electron chi connectivity index (χ3n) is 2.69. The number of nitrogens with zero attached hydrogens (tertiary/aromatic N) is 1. The predicted octanol–water partition coefficient (Wildman–Crippen LogP) is 2.39. The van der Waals surface area contributed by atoms with Gasteiger partial charge in [0.25, 0.3) is 5.91 Å². The van der Waals surface area contributed by atoms with E-state index >= 15 is 0 Å². The molecule has 2 N–H and O–H groups in total. The summed E-state index contributed by atoms with van der Waals surface area (Å²) in [6, 6.07) is 4.31. The standard InChI is InChI=1S/C13H14N2O4S/c1-2-4-8(13(17)18)14-12(16)9-7-10(19-15-9)11-5-3-6-20-11/h3,5-8H,2,4H2,1H3,(H,14,16)(H,17,18)/t8-/m1/s1. The number of carbonyl (C=O) groups is 2. The van der Waals surface area contributed by atoms with Crippen molar-refractivity contribution in [1.29, 1.82) is 0 Å². The molecule has 0 aliphatic carbocycles. The fraction of sp³-hybridized carbons (Fsp3) is 0.308. The summed E-state index contributed by atoms with van der Waals surface area (Å²) < 4.78 is 5.08. The molecule has 0 saturated heterocycles. The Hall–Kier alpha value is -2.15. The highest BCUT2D eigenvalue weighted by atomic mass is 32.1. The van der Waals surface area contributed by atoms with Crippen molar-refractivity contribution in [2.24, 2.45) is 0 Å². The van der Waals surface area contributed by atoms with Gasteiger partial charge in [-0.25, -0.2) is 4.79 Å². The first-order valence-corrected chi connectivity index (χ1v) is 7.04. The van der Waals surface area contributed by atoms with Crippen LogP contribution in [0.3, 0.4) is 0 Å². The van der Waals surface area contributed by atoms with Crippen LogP contribution in [0, 0.1) is 0 Å². The predicted molar refractivity (Wildman–Crippen MR) is 73.6 cm³/mol. The van der Waals surface area contributed by atoms with Crippen molar-refractivity contribution in [3.63, 3.8) is 0 Å². The van der Waals surface area contributed by atoms with E-state index in [4.69, 9.17) is 9.63 Å². The fourth-order valence-corrected chi connectivity index (χ4v) is 2.37. The molecule has 1 amide bonds. The minimum Gasteiger partial charge on any atom is -0.480 e. The lowest BCUT2D eigenvalue weighted by atomic mass is 10.1. The van der Waals surface area contributed by atoms with Gasteiger partial charge in [-0.15, -0.1) is 11.3 Å². The SMILES string of the molecule is CCC[C@@H](NC(=O)c1cc(-c2cccs2)on1)C(=O)O. The third kappa shape index (κ3) is 3.24. The molecule has 0 fully saturated rings. The molecule has 0 unspecified atom stereocenters. The Kier molecular flexibility index (Phi) is 4.52. The Morgan fingerprint density at radius 2 is 2.35 bits per heavy atom. The second kappa shape index (κ2) is 6.33. The van der Waals surface area contributed by atoms with Crippen LogP contribution in [0.25, 0.3) is 10.6 Å². The van der Waals surface area contributed by atoms with E-state index in [0.29, 0.717) is 18.6 Å². The topological polar surface area (TPSA) is 92.4 Å². The first-order valence-electron chi connectivity index (χ1n) is 6.16. The molecule has 6 nitrogen and oxygen atoms in total. The minimum atomic E-state index is -1.05. The number of carboxylic acids is 1. The van der Waals surface area contributed by atoms with Crippen molar-refractivity contribution >= 4 is 23.2 Å². The highest BCUT2D eigenvalue weighted by Gasteiger charge is 2.22. The van der Waals surface area contributed by atoms with Crippen LogP contribution in [-0.2, 0) is 4.79 Å². The van der Waals surface area contributed by atoms with Crippen molar-refractivity contribution in [3.8, 4) is 10.6 Å². The zero-order chi connectivity index (χ0) is 14.5. The average molecular weight is 294 g/mol. The molecule has 0 aliphatic rings. The highest BCUT2D eigenvalue weighted by molar-refractivity contribution is 7.13. The summed E-state index contributed by atoms with van der Waals surface area (Å²) in [5.74, 6) is -1.10. The van der Waals surface area contributed by atoms with Crippen molar-refractivity contribution < 1.29 is 19.2 Å². The molecule has 2 aromatic heterocycles. The Balaban J connectivity index is 2.08. The number of nitrogens with one attached hydrogen (secondary N) is 1. The maximum atomic E-state index is 11.9. The van der Waals surface area contributed by atoms with Crippen LogP contribution in [0.4, 0.5) is 0 Å². The maximum Gasteiger partial charge on any atom is 0.326 e. The number of aliphatic carboxylic acids is 1. The first-order chi connectivity index (χ1) is 9.61. The normalized spacial score (nSPS) is 12.1. The van der Waals surface area contributed by atoms with Crippen LogP contribution in [0.1, 0.15) is 30.3 Å². The quantitative estimate of drug-likeness (QED) is 0.853. The van der Waals surface area contributed by atoms with Gasteiger partial charge in [0.15, 0.2) is 11.5 Å². The van der Waals surface area contributed by atoms with Crippen LogP contribution in [0.5, 0.6) is 0 Å². The van der Waals surface area contributed by atoms with E-state index < -0.39 is 17.9 Å². The van der Waals surface area contributed by atoms with E-state index in [-0.39, 0.29) is 5.69 Å². The van der Waals surface area contributed by atoms with Gasteiger partial charge in [-0.2, -0.15) is 0 Å². The molecule has 2 heterocycles. The van der Waals surface area contributed by atoms with Crippen LogP contribution in [0.15, 0.2) is 28.1 Å². The van der Waals surface area contributed by atoms with E-state index in [0.717, 1.165) is 4.88 Å². The number of carboxylic acid groups (broad SMARTS) is 1. The Morgan fingerprint density at radius 3 is 2.95 bits per heavy atom. The lowest BCUT2D eigenvalue weighted by Crippen LogP contribution is -2.40. The monoisotopic (exact) mass is 294 g/mol. The second-order valence-electron chi connectivity index (χ2n) is 4.21. The third-order valence-corrected chi connectivity index (χ3v) is 3.57. The van der Waals surface area contributed by atoms with E-state index in [2.05, 4.69) is 10.5 Å². The summed E-state index contributed by atoms with van der Waals surface area (Å²) in [6.07, 6.45) is 1.03. The summed E-state index contributed by atoms with van der Waals surface area (Å²) in [4.78, 5) is 23.8. The summed E-state index contributed by atoms with van der Waals surface area (Å²) in [5, 5.41) is 17.0. The second-order valence-corrected chi connectivity index (χ2v) is 5.15. The van der Waals surface area contributed by atoms with Crippen molar-refractivity contribution in [2.45, 2.75) is 25.8 Å². The van der Waals surface area contributed by atoms with Gasteiger partial charge in [-0.1, -0.05) is 24.6 Å². The molecule has 0 saturated carbocycles. The van der Waals surface area contributed by atoms with Gasteiger partial charge < -0.3 is 14.9 Å². The lowest BCUT2D eigenvalue weighted by molar-refractivity contribution is -0.139. The number of aromatic nitrogens is 1. The maximum absolute atomic E-state index is 11.9.